The summed E-state index contributed by atoms with van der Waals surface area (Å²) in [6, 6.07) is 2.55. The number of pyridine rings is 1. The van der Waals surface area contributed by atoms with Crippen molar-refractivity contribution in [3.8, 4) is 0 Å². The van der Waals surface area contributed by atoms with Crippen LogP contribution in [0.15, 0.2) is 59.7 Å². The Kier molecular flexibility index (Phi) is 10.7. The minimum atomic E-state index is -2.68. The molecule has 2 spiro atoms. The van der Waals surface area contributed by atoms with Gasteiger partial charge in [0.25, 0.3) is 0 Å². The van der Waals surface area contributed by atoms with Crippen LogP contribution in [-0.2, 0) is 35.1 Å². The first-order valence-corrected chi connectivity index (χ1v) is 18.8. The minimum Gasteiger partial charge on any atom is -0.478 e. The first-order valence-electron chi connectivity index (χ1n) is 17.9. The Bertz CT molecular complexity index is 1700. The van der Waals surface area contributed by atoms with Crippen molar-refractivity contribution >= 4 is 41.5 Å². The van der Waals surface area contributed by atoms with Gasteiger partial charge < -0.3 is 35.8 Å². The molecule has 1 aromatic heterocycles. The molecule has 52 heavy (non-hydrogen) atoms. The van der Waals surface area contributed by atoms with Crippen LogP contribution in [0.5, 0.6) is 0 Å². The highest BCUT2D eigenvalue weighted by Crippen LogP contribution is 2.67. The number of rotatable bonds is 13. The third kappa shape index (κ3) is 7.15. The highest BCUT2D eigenvalue weighted by Gasteiger charge is 2.63. The van der Waals surface area contributed by atoms with Crippen molar-refractivity contribution in [1.29, 1.82) is 0 Å². The lowest BCUT2D eigenvalue weighted by Crippen LogP contribution is -2.55. The number of carboxylic acids is 2. The molecule has 6 atom stereocenters. The summed E-state index contributed by atoms with van der Waals surface area (Å²) >= 11 is 1.35. The summed E-state index contributed by atoms with van der Waals surface area (Å²) in [5.74, 6) is -5.66. The van der Waals surface area contributed by atoms with Gasteiger partial charge in [-0.25, -0.2) is 9.59 Å². The number of nitrogens with zero attached hydrogens (tertiary/aromatic N) is 1. The van der Waals surface area contributed by atoms with Gasteiger partial charge in [-0.2, -0.15) is 0 Å². The van der Waals surface area contributed by atoms with Gasteiger partial charge in [-0.15, -0.1) is 11.8 Å². The molecule has 0 radical (unpaired) electrons. The number of fused-ring (bicyclic) bond motifs is 3. The molecule has 0 aromatic carbocycles. The van der Waals surface area contributed by atoms with E-state index in [0.29, 0.717) is 12.2 Å². The predicted octanol–water partition coefficient (Wildman–Crippen LogP) is 2.45. The zero-order valence-electron chi connectivity index (χ0n) is 28.8. The number of aliphatic hydroxyl groups excluding tert-OH is 1. The Morgan fingerprint density at radius 2 is 1.69 bits per heavy atom. The van der Waals surface area contributed by atoms with E-state index < -0.39 is 70.7 Å². The van der Waals surface area contributed by atoms with Gasteiger partial charge in [0.05, 0.1) is 4.75 Å². The molecule has 5 aliphatic rings. The van der Waals surface area contributed by atoms with E-state index in [4.69, 9.17) is 15.6 Å². The van der Waals surface area contributed by atoms with Crippen LogP contribution < -0.4 is 16.4 Å². The molecule has 280 valence electrons. The molecule has 0 unspecified atom stereocenters. The molecule has 8 N–H and O–H groups in total. The number of carboxylic acid groups (broad SMARTS) is 2. The van der Waals surface area contributed by atoms with E-state index in [1.165, 1.54) is 11.8 Å². The SMILES string of the molecule is N[C@@](O)(CCC(=O)N[C@@H](CS[C@]12C=C[C@@]3(CCCCCC14CCCC4)CC(Cc1ccncc1)=C[C@H]1C(=O)OC2=C13)C(=O)N[C@@H](O)C(=O)O)C(=O)O. The molecule has 4 aliphatic carbocycles. The van der Waals surface area contributed by atoms with Crippen molar-refractivity contribution in [2.45, 2.75) is 106 Å². The Balaban J connectivity index is 1.38. The summed E-state index contributed by atoms with van der Waals surface area (Å²) in [6.07, 6.45) is 16.2. The number of thioether (sulfide) groups is 1. The average Bonchev–Trinajstić information content (AvgIpc) is 3.73. The summed E-state index contributed by atoms with van der Waals surface area (Å²) in [4.78, 5) is 67.4. The largest absolute Gasteiger partial charge is 0.478 e. The smallest absolute Gasteiger partial charge is 0.353 e. The fourth-order valence-corrected chi connectivity index (χ4v) is 10.6. The number of ether oxygens (including phenoxy) is 1. The fraction of sp³-hybridized carbons (Fsp3) is 0.568. The van der Waals surface area contributed by atoms with Crippen molar-refractivity contribution in [1.82, 2.24) is 15.6 Å². The first-order chi connectivity index (χ1) is 24.7. The van der Waals surface area contributed by atoms with Gasteiger partial charge in [0.15, 0.2) is 0 Å². The molecular formula is C37H46N4O10S. The number of aliphatic hydroxyl groups is 2. The third-order valence-electron chi connectivity index (χ3n) is 11.5. The molecular weight excluding hydrogens is 692 g/mol. The maximum atomic E-state index is 14.0. The van der Waals surface area contributed by atoms with E-state index in [2.05, 4.69) is 22.5 Å². The maximum absolute atomic E-state index is 14.0. The number of nitrogens with two attached hydrogens (primary N) is 1. The highest BCUT2D eigenvalue weighted by atomic mass is 32.2. The summed E-state index contributed by atoms with van der Waals surface area (Å²) in [5, 5.41) is 42.9. The van der Waals surface area contributed by atoms with Crippen LogP contribution >= 0.6 is 11.8 Å². The lowest BCUT2D eigenvalue weighted by atomic mass is 9.56. The van der Waals surface area contributed by atoms with Gasteiger partial charge >= 0.3 is 17.9 Å². The second-order valence-corrected chi connectivity index (χ2v) is 16.1. The molecule has 1 fully saturated rings. The highest BCUT2D eigenvalue weighted by molar-refractivity contribution is 8.01. The molecule has 14 nitrogen and oxygen atoms in total. The van der Waals surface area contributed by atoms with Gasteiger partial charge in [0.1, 0.15) is 17.7 Å². The zero-order valence-corrected chi connectivity index (χ0v) is 29.7. The average molecular weight is 739 g/mol. The number of aliphatic carboxylic acids is 2. The quantitative estimate of drug-likeness (QED) is 0.0876. The predicted molar refractivity (Wildman–Crippen MR) is 188 cm³/mol. The van der Waals surface area contributed by atoms with E-state index in [0.717, 1.165) is 80.9 Å². The molecule has 6 rings (SSSR count). The summed E-state index contributed by atoms with van der Waals surface area (Å²) in [7, 11) is 0. The molecule has 15 heteroatoms. The van der Waals surface area contributed by atoms with Crippen molar-refractivity contribution in [2.75, 3.05) is 5.75 Å². The molecule has 1 aliphatic heterocycles. The van der Waals surface area contributed by atoms with Gasteiger partial charge in [0.2, 0.25) is 23.8 Å². The molecule has 2 heterocycles. The number of nitrogens with one attached hydrogen (secondary N) is 2. The van der Waals surface area contributed by atoms with Crippen LogP contribution in [0.4, 0.5) is 0 Å². The van der Waals surface area contributed by atoms with Crippen molar-refractivity contribution in [2.24, 2.45) is 22.5 Å². The van der Waals surface area contributed by atoms with Gasteiger partial charge in [-0.3, -0.25) is 25.1 Å². The van der Waals surface area contributed by atoms with Gasteiger partial charge in [0, 0.05) is 36.4 Å². The lowest BCUT2D eigenvalue weighted by molar-refractivity contribution is -0.159. The number of esters is 1. The number of carbonyl (C=O) groups is 5. The minimum absolute atomic E-state index is 0.114. The first kappa shape index (κ1) is 37.7. The lowest BCUT2D eigenvalue weighted by Gasteiger charge is -2.53. The fourth-order valence-electron chi connectivity index (χ4n) is 8.92. The molecule has 1 saturated carbocycles. The van der Waals surface area contributed by atoms with Gasteiger partial charge in [-0.05, 0) is 67.2 Å². The van der Waals surface area contributed by atoms with E-state index in [1.54, 1.807) is 12.4 Å². The van der Waals surface area contributed by atoms with Crippen LogP contribution in [0.2, 0.25) is 0 Å². The van der Waals surface area contributed by atoms with Crippen LogP contribution in [0, 0.1) is 16.7 Å². The van der Waals surface area contributed by atoms with E-state index in [9.17, 15) is 39.3 Å². The Labute approximate surface area is 305 Å². The number of hydrogen-bond donors (Lipinski definition) is 7. The molecule has 2 amide bonds. The second-order valence-electron chi connectivity index (χ2n) is 14.9. The monoisotopic (exact) mass is 738 g/mol. The number of carbonyl (C=O) groups excluding carboxylic acids is 3. The Hall–Kier alpha value is -4.05. The van der Waals surface area contributed by atoms with Crippen LogP contribution in [0.1, 0.15) is 82.6 Å². The number of hydrogen-bond acceptors (Lipinski definition) is 11. The van der Waals surface area contributed by atoms with Gasteiger partial charge in [-0.1, -0.05) is 55.9 Å². The van der Waals surface area contributed by atoms with Crippen LogP contribution in [-0.4, -0.2) is 83.6 Å². The van der Waals surface area contributed by atoms with Crippen molar-refractivity contribution in [3.05, 3.63) is 65.2 Å². The topological polar surface area (TPSA) is 238 Å². The summed E-state index contributed by atoms with van der Waals surface area (Å²) < 4.78 is 5.50. The Morgan fingerprint density at radius 3 is 2.37 bits per heavy atom. The van der Waals surface area contributed by atoms with Crippen LogP contribution in [0.3, 0.4) is 0 Å². The molecule has 0 saturated heterocycles. The molecule has 1 aromatic rings. The normalized spacial score (nSPS) is 28.2. The number of allylic oxidation sites excluding steroid dienone is 2. The van der Waals surface area contributed by atoms with E-state index in [-0.39, 0.29) is 17.1 Å². The van der Waals surface area contributed by atoms with Crippen molar-refractivity contribution in [3.63, 3.8) is 0 Å². The Morgan fingerprint density at radius 1 is 1.02 bits per heavy atom. The van der Waals surface area contributed by atoms with E-state index in [1.807, 2.05) is 23.5 Å². The summed E-state index contributed by atoms with van der Waals surface area (Å²) in [5.41, 5.74) is 5.13. The zero-order chi connectivity index (χ0) is 37.3. The second kappa shape index (κ2) is 14.8. The maximum Gasteiger partial charge on any atom is 0.353 e. The number of amides is 2. The summed E-state index contributed by atoms with van der Waals surface area (Å²) in [6.45, 7) is 0. The standard InChI is InChI=1S/C37H46N4O10S/c38-37(50,33(48)49)13-6-26(42)40-25(29(43)41-30(44)31(45)46)21-52-36-15-14-34(9-2-1-3-10-35(36)11-4-5-12-35)20-23(18-22-7-16-39-17-8-22)19-24-27(34)28(36)51-32(24)47/h7-8,14-17,19,24-25,30,44,50H,1-6,9-13,18,20-21,38H2,(H,40,42)(H,41,43)(H,45,46)(H,48,49)/t24-,25+,30+,34+,36+,37-/m1/s1. The van der Waals surface area contributed by atoms with Crippen molar-refractivity contribution < 1.29 is 49.1 Å². The van der Waals surface area contributed by atoms with Crippen LogP contribution in [0.25, 0.3) is 0 Å². The third-order valence-corrected chi connectivity index (χ3v) is 13.2. The molecule has 2 bridgehead atoms. The number of aromatic nitrogens is 1. The van der Waals surface area contributed by atoms with E-state index >= 15 is 0 Å².